The average Bonchev–Trinajstić information content (AvgIpc) is 2.81. The van der Waals surface area contributed by atoms with Gasteiger partial charge in [0.25, 0.3) is 11.1 Å². The van der Waals surface area contributed by atoms with Crippen LogP contribution in [0, 0.1) is 6.92 Å². The van der Waals surface area contributed by atoms with E-state index in [1.165, 1.54) is 21.5 Å². The molecule has 3 rings (SSSR count). The van der Waals surface area contributed by atoms with Crippen molar-refractivity contribution in [3.8, 4) is 5.69 Å². The predicted molar refractivity (Wildman–Crippen MR) is 95.1 cm³/mol. The number of benzene rings is 1. The normalized spacial score (nSPS) is 10.6. The van der Waals surface area contributed by atoms with Crippen molar-refractivity contribution in [1.29, 1.82) is 0 Å². The van der Waals surface area contributed by atoms with Crippen molar-refractivity contribution in [2.75, 3.05) is 5.32 Å². The molecule has 0 aliphatic rings. The number of carbonyl (C=O) groups excluding carboxylic acids is 1. The first kappa shape index (κ1) is 16.5. The Morgan fingerprint density at radius 2 is 1.72 bits per heavy atom. The van der Waals surface area contributed by atoms with E-state index in [0.29, 0.717) is 11.4 Å². The highest BCUT2D eigenvalue weighted by Gasteiger charge is 2.18. The van der Waals surface area contributed by atoms with Gasteiger partial charge in [0.05, 0.1) is 11.4 Å². The lowest BCUT2D eigenvalue weighted by atomic mass is 10.3. The monoisotopic (exact) mass is 338 g/mol. The summed E-state index contributed by atoms with van der Waals surface area (Å²) in [5.74, 6) is -0.431. The van der Waals surface area contributed by atoms with Gasteiger partial charge in [0.15, 0.2) is 0 Å². The van der Waals surface area contributed by atoms with Crippen LogP contribution < -0.4 is 16.4 Å². The van der Waals surface area contributed by atoms with Crippen molar-refractivity contribution >= 4 is 11.6 Å². The Kier molecular flexibility index (Phi) is 4.38. The number of anilines is 1. The van der Waals surface area contributed by atoms with Crippen LogP contribution in [0.5, 0.6) is 0 Å². The van der Waals surface area contributed by atoms with Gasteiger partial charge in [-0.05, 0) is 25.1 Å². The Labute approximate surface area is 143 Å². The van der Waals surface area contributed by atoms with E-state index in [1.54, 1.807) is 30.8 Å². The lowest BCUT2D eigenvalue weighted by Crippen LogP contribution is -2.28. The molecule has 0 saturated carbocycles. The third-order valence-corrected chi connectivity index (χ3v) is 4.03. The lowest BCUT2D eigenvalue weighted by molar-refractivity contribution is -0.116. The van der Waals surface area contributed by atoms with Crippen LogP contribution in [0.3, 0.4) is 0 Å². The van der Waals surface area contributed by atoms with Gasteiger partial charge in [-0.15, -0.1) is 0 Å². The van der Waals surface area contributed by atoms with Crippen LogP contribution in [0.1, 0.15) is 5.69 Å². The number of aromatic nitrogens is 3. The quantitative estimate of drug-likeness (QED) is 0.778. The Morgan fingerprint density at radius 3 is 2.40 bits per heavy atom. The molecule has 3 aromatic rings. The van der Waals surface area contributed by atoms with Gasteiger partial charge in [-0.1, -0.05) is 24.3 Å². The van der Waals surface area contributed by atoms with E-state index >= 15 is 0 Å². The Hall–Kier alpha value is -3.35. The number of rotatable bonds is 4. The van der Waals surface area contributed by atoms with Crippen molar-refractivity contribution in [3.63, 3.8) is 0 Å². The van der Waals surface area contributed by atoms with E-state index < -0.39 is 5.91 Å². The molecule has 1 aromatic carbocycles. The van der Waals surface area contributed by atoms with Crippen molar-refractivity contribution < 1.29 is 4.79 Å². The smallest absolute Gasteiger partial charge is 0.295 e. The zero-order chi connectivity index (χ0) is 18.0. The summed E-state index contributed by atoms with van der Waals surface area (Å²) in [5.41, 5.74) is 0.949. The fourth-order valence-electron chi connectivity index (χ4n) is 2.64. The highest BCUT2D eigenvalue weighted by molar-refractivity contribution is 5.91. The highest BCUT2D eigenvalue weighted by Crippen LogP contribution is 2.13. The molecule has 0 spiro atoms. The third-order valence-electron chi connectivity index (χ3n) is 4.03. The van der Waals surface area contributed by atoms with Crippen LogP contribution in [0.25, 0.3) is 5.69 Å². The van der Waals surface area contributed by atoms with Crippen molar-refractivity contribution in [2.24, 2.45) is 7.05 Å². The van der Waals surface area contributed by atoms with E-state index in [0.717, 1.165) is 0 Å². The first-order chi connectivity index (χ1) is 12.0. The maximum atomic E-state index is 12.7. The first-order valence-electron chi connectivity index (χ1n) is 7.78. The zero-order valence-electron chi connectivity index (χ0n) is 14.0. The molecule has 7 nitrogen and oxygen atoms in total. The van der Waals surface area contributed by atoms with Crippen LogP contribution >= 0.6 is 0 Å². The van der Waals surface area contributed by atoms with Gasteiger partial charge in [-0.3, -0.25) is 19.1 Å². The highest BCUT2D eigenvalue weighted by atomic mass is 16.2. The summed E-state index contributed by atoms with van der Waals surface area (Å²) in [6, 6.07) is 13.8. The minimum absolute atomic E-state index is 0.154. The van der Waals surface area contributed by atoms with Crippen molar-refractivity contribution in [1.82, 2.24) is 13.9 Å². The molecule has 0 unspecified atom stereocenters. The van der Waals surface area contributed by atoms with E-state index in [2.05, 4.69) is 5.32 Å². The van der Waals surface area contributed by atoms with Gasteiger partial charge in [-0.2, -0.15) is 0 Å². The van der Waals surface area contributed by atoms with Crippen molar-refractivity contribution in [2.45, 2.75) is 13.5 Å². The fourth-order valence-corrected chi connectivity index (χ4v) is 2.64. The van der Waals surface area contributed by atoms with Crippen molar-refractivity contribution in [3.05, 3.63) is 81.1 Å². The van der Waals surface area contributed by atoms with Crippen LogP contribution in [0.4, 0.5) is 5.69 Å². The summed E-state index contributed by atoms with van der Waals surface area (Å²) in [7, 11) is 1.75. The molecule has 0 aliphatic heterocycles. The number of hydrogen-bond acceptors (Lipinski definition) is 3. The zero-order valence-corrected chi connectivity index (χ0v) is 14.0. The largest absolute Gasteiger partial charge is 0.318 e. The predicted octanol–water partition coefficient (Wildman–Crippen LogP) is 1.28. The fraction of sp³-hybridized carbons (Fsp3) is 0.167. The Morgan fingerprint density at radius 1 is 1.04 bits per heavy atom. The second-order valence-corrected chi connectivity index (χ2v) is 5.65. The van der Waals surface area contributed by atoms with Gasteiger partial charge in [0.2, 0.25) is 5.91 Å². The standard InChI is InChI=1S/C18H18N4O3/c1-13-17(19-15(23)12-21-11-7-6-10-16(21)24)18(25)22(20(13)2)14-8-4-3-5-9-14/h3-11H,12H2,1-2H3,(H,19,23). The number of hydrogen-bond donors (Lipinski definition) is 1. The number of nitrogens with one attached hydrogen (secondary N) is 1. The van der Waals surface area contributed by atoms with Crippen LogP contribution in [-0.4, -0.2) is 19.8 Å². The molecule has 1 N–H and O–H groups in total. The van der Waals surface area contributed by atoms with E-state index in [9.17, 15) is 14.4 Å². The van der Waals surface area contributed by atoms with Gasteiger partial charge < -0.3 is 9.88 Å². The molecule has 0 atom stereocenters. The molecule has 2 heterocycles. The lowest BCUT2D eigenvalue weighted by Gasteiger charge is -2.07. The van der Waals surface area contributed by atoms with Gasteiger partial charge in [-0.25, -0.2) is 4.68 Å². The number of pyridine rings is 1. The summed E-state index contributed by atoms with van der Waals surface area (Å²) in [6.45, 7) is 1.60. The summed E-state index contributed by atoms with van der Waals surface area (Å²) < 4.78 is 4.45. The molecule has 1 amide bonds. The van der Waals surface area contributed by atoms with Crippen LogP contribution in [0.2, 0.25) is 0 Å². The molecule has 0 aliphatic carbocycles. The maximum absolute atomic E-state index is 12.7. The van der Waals surface area contributed by atoms with E-state index in [1.807, 2.05) is 30.3 Å². The molecule has 7 heteroatoms. The minimum Gasteiger partial charge on any atom is -0.318 e. The van der Waals surface area contributed by atoms with Crippen LogP contribution in [0.15, 0.2) is 64.3 Å². The molecule has 2 aromatic heterocycles. The molecular formula is C18H18N4O3. The summed E-state index contributed by atoms with van der Waals surface area (Å²) in [4.78, 5) is 36.7. The second-order valence-electron chi connectivity index (χ2n) is 5.65. The van der Waals surface area contributed by atoms with Gasteiger partial charge >= 0.3 is 0 Å². The molecule has 0 saturated heterocycles. The number of nitrogens with zero attached hydrogens (tertiary/aromatic N) is 3. The summed E-state index contributed by atoms with van der Waals surface area (Å²) >= 11 is 0. The number of carbonyl (C=O) groups is 1. The second kappa shape index (κ2) is 6.64. The van der Waals surface area contributed by atoms with E-state index in [4.69, 9.17) is 0 Å². The van der Waals surface area contributed by atoms with Crippen LogP contribution in [-0.2, 0) is 18.4 Å². The molecule has 25 heavy (non-hydrogen) atoms. The summed E-state index contributed by atoms with van der Waals surface area (Å²) in [5, 5.41) is 2.63. The molecule has 0 bridgehead atoms. The number of para-hydroxylation sites is 1. The topological polar surface area (TPSA) is 78.0 Å². The first-order valence-corrected chi connectivity index (χ1v) is 7.78. The SMILES string of the molecule is Cc1c(NC(=O)Cn2ccccc2=O)c(=O)n(-c2ccccc2)n1C. The molecule has 128 valence electrons. The van der Waals surface area contributed by atoms with E-state index in [-0.39, 0.29) is 23.4 Å². The summed E-state index contributed by atoms with van der Waals surface area (Å²) in [6.07, 6.45) is 1.53. The maximum Gasteiger partial charge on any atom is 0.295 e. The minimum atomic E-state index is -0.431. The third kappa shape index (κ3) is 3.16. The Balaban J connectivity index is 1.91. The molecular weight excluding hydrogens is 320 g/mol. The molecule has 0 radical (unpaired) electrons. The Bertz CT molecular complexity index is 1030. The number of amides is 1. The van der Waals surface area contributed by atoms with Gasteiger partial charge in [0, 0.05) is 19.3 Å². The molecule has 0 fully saturated rings. The average molecular weight is 338 g/mol. The van der Waals surface area contributed by atoms with Gasteiger partial charge in [0.1, 0.15) is 12.2 Å².